The fourth-order valence-electron chi connectivity index (χ4n) is 2.43. The molecule has 2 rings (SSSR count). The Bertz CT molecular complexity index is 565. The van der Waals surface area contributed by atoms with Gasteiger partial charge in [0.05, 0.1) is 5.69 Å². The highest BCUT2D eigenvalue weighted by Gasteiger charge is 2.42. The molecule has 0 bridgehead atoms. The van der Waals surface area contributed by atoms with Gasteiger partial charge in [0, 0.05) is 5.41 Å². The van der Waals surface area contributed by atoms with Crippen molar-refractivity contribution >= 4 is 17.6 Å². The van der Waals surface area contributed by atoms with Crippen LogP contribution in [-0.2, 0) is 9.59 Å². The van der Waals surface area contributed by atoms with Crippen LogP contribution in [0.2, 0.25) is 0 Å². The molecule has 0 radical (unpaired) electrons. The van der Waals surface area contributed by atoms with Crippen LogP contribution in [-0.4, -0.2) is 35.7 Å². The maximum absolute atomic E-state index is 12.6. The molecular formula is C15H20N2O4. The Morgan fingerprint density at radius 2 is 2.00 bits per heavy atom. The molecule has 0 saturated heterocycles. The van der Waals surface area contributed by atoms with E-state index in [0.717, 1.165) is 0 Å². The van der Waals surface area contributed by atoms with Gasteiger partial charge < -0.3 is 15.6 Å². The quantitative estimate of drug-likeness (QED) is 0.855. The van der Waals surface area contributed by atoms with Crippen molar-refractivity contribution in [2.75, 3.05) is 11.4 Å². The maximum Gasteiger partial charge on any atom is 0.323 e. The molecule has 1 amide bonds. The summed E-state index contributed by atoms with van der Waals surface area (Å²) < 4.78 is 5.94. The van der Waals surface area contributed by atoms with E-state index in [1.54, 1.807) is 24.3 Å². The first-order chi connectivity index (χ1) is 9.71. The number of carboxylic acid groups (broad SMARTS) is 1. The van der Waals surface area contributed by atoms with Gasteiger partial charge >= 0.3 is 5.97 Å². The highest BCUT2D eigenvalue weighted by molar-refractivity contribution is 6.02. The van der Waals surface area contributed by atoms with Gasteiger partial charge in [-0.15, -0.1) is 0 Å². The summed E-state index contributed by atoms with van der Waals surface area (Å²) in [6.45, 7) is 5.35. The Morgan fingerprint density at radius 3 is 2.57 bits per heavy atom. The van der Waals surface area contributed by atoms with Crippen LogP contribution < -0.4 is 15.4 Å². The predicted octanol–water partition coefficient (Wildman–Crippen LogP) is 1.24. The Balaban J connectivity index is 2.52. The van der Waals surface area contributed by atoms with Crippen LogP contribution in [0.5, 0.6) is 5.75 Å². The van der Waals surface area contributed by atoms with Crippen molar-refractivity contribution < 1.29 is 19.4 Å². The second-order valence-corrected chi connectivity index (χ2v) is 6.22. The van der Waals surface area contributed by atoms with Crippen molar-refractivity contribution in [3.05, 3.63) is 24.3 Å². The van der Waals surface area contributed by atoms with E-state index in [2.05, 4.69) is 0 Å². The van der Waals surface area contributed by atoms with E-state index in [1.807, 2.05) is 20.8 Å². The van der Waals surface area contributed by atoms with E-state index < -0.39 is 30.6 Å². The van der Waals surface area contributed by atoms with Gasteiger partial charge in [0.2, 0.25) is 5.91 Å². The van der Waals surface area contributed by atoms with Crippen molar-refractivity contribution in [1.29, 1.82) is 0 Å². The molecule has 1 unspecified atom stereocenters. The van der Waals surface area contributed by atoms with Gasteiger partial charge in [0.1, 0.15) is 24.4 Å². The highest BCUT2D eigenvalue weighted by atomic mass is 16.5. The normalized spacial score (nSPS) is 22.3. The zero-order valence-corrected chi connectivity index (χ0v) is 12.4. The van der Waals surface area contributed by atoms with Crippen molar-refractivity contribution in [2.45, 2.75) is 32.9 Å². The van der Waals surface area contributed by atoms with E-state index in [0.29, 0.717) is 11.4 Å². The number of amides is 1. The Hall–Kier alpha value is -2.08. The minimum atomic E-state index is -1.10. The van der Waals surface area contributed by atoms with Crippen LogP contribution in [0, 0.1) is 5.41 Å². The Kier molecular flexibility index (Phi) is 3.91. The first-order valence-corrected chi connectivity index (χ1v) is 6.76. The van der Waals surface area contributed by atoms with E-state index in [9.17, 15) is 9.59 Å². The van der Waals surface area contributed by atoms with Crippen LogP contribution in [0.1, 0.15) is 20.8 Å². The zero-order valence-electron chi connectivity index (χ0n) is 12.4. The van der Waals surface area contributed by atoms with Gasteiger partial charge in [0.25, 0.3) is 0 Å². The largest absolute Gasteiger partial charge is 0.486 e. The number of carbonyl (C=O) groups is 2. The van der Waals surface area contributed by atoms with E-state index in [4.69, 9.17) is 15.6 Å². The maximum atomic E-state index is 12.6. The van der Waals surface area contributed by atoms with Gasteiger partial charge in [-0.1, -0.05) is 32.9 Å². The first-order valence-electron chi connectivity index (χ1n) is 6.76. The molecule has 1 aromatic carbocycles. The summed E-state index contributed by atoms with van der Waals surface area (Å²) in [7, 11) is 0. The van der Waals surface area contributed by atoms with Gasteiger partial charge in [-0.3, -0.25) is 14.5 Å². The number of benzene rings is 1. The monoisotopic (exact) mass is 292 g/mol. The number of carboxylic acids is 1. The number of hydrogen-bond donors (Lipinski definition) is 2. The lowest BCUT2D eigenvalue weighted by Gasteiger charge is -2.33. The van der Waals surface area contributed by atoms with Crippen LogP contribution in [0.4, 0.5) is 5.69 Å². The van der Waals surface area contributed by atoms with Gasteiger partial charge in [-0.05, 0) is 12.1 Å². The molecule has 0 spiro atoms. The van der Waals surface area contributed by atoms with Crippen LogP contribution in [0.15, 0.2) is 24.3 Å². The third kappa shape index (κ3) is 3.00. The van der Waals surface area contributed by atoms with E-state index in [1.165, 1.54) is 4.90 Å². The van der Waals surface area contributed by atoms with Gasteiger partial charge in [-0.25, -0.2) is 0 Å². The minimum Gasteiger partial charge on any atom is -0.486 e. The molecule has 0 aromatic heterocycles. The molecule has 3 N–H and O–H groups in total. The van der Waals surface area contributed by atoms with Crippen LogP contribution >= 0.6 is 0 Å². The topological polar surface area (TPSA) is 92.9 Å². The number of para-hydroxylation sites is 2. The molecule has 0 saturated carbocycles. The van der Waals surface area contributed by atoms with Crippen molar-refractivity contribution in [1.82, 2.24) is 0 Å². The molecule has 2 atom stereocenters. The molecule has 1 aromatic rings. The lowest BCUT2D eigenvalue weighted by molar-refractivity contribution is -0.137. The predicted molar refractivity (Wildman–Crippen MR) is 78.3 cm³/mol. The Labute approximate surface area is 123 Å². The lowest BCUT2D eigenvalue weighted by Crippen LogP contribution is -2.55. The number of anilines is 1. The third-order valence-corrected chi connectivity index (χ3v) is 3.43. The minimum absolute atomic E-state index is 0.360. The number of carbonyl (C=O) groups excluding carboxylic acids is 1. The highest BCUT2D eigenvalue weighted by Crippen LogP contribution is 2.36. The molecule has 1 aliphatic rings. The Morgan fingerprint density at radius 1 is 1.38 bits per heavy atom. The smallest absolute Gasteiger partial charge is 0.323 e. The molecule has 0 fully saturated rings. The molecule has 0 aliphatic carbocycles. The second kappa shape index (κ2) is 5.37. The van der Waals surface area contributed by atoms with Crippen LogP contribution in [0.25, 0.3) is 0 Å². The number of aliphatic carboxylic acids is 1. The summed E-state index contributed by atoms with van der Waals surface area (Å²) in [5.41, 5.74) is 6.12. The first kappa shape index (κ1) is 15.3. The molecule has 1 heterocycles. The number of rotatable bonds is 2. The number of nitrogens with two attached hydrogens (primary N) is 1. The fourth-order valence-corrected chi connectivity index (χ4v) is 2.43. The number of fused-ring (bicyclic) bond motifs is 1. The fraction of sp³-hybridized carbons (Fsp3) is 0.467. The average molecular weight is 292 g/mol. The summed E-state index contributed by atoms with van der Waals surface area (Å²) in [5, 5.41) is 9.04. The SMILES string of the molecule is CC(C)(C)C1Oc2ccccc2N(CC(=O)O)C(=O)[C@H]1N. The average Bonchev–Trinajstić information content (AvgIpc) is 2.48. The van der Waals surface area contributed by atoms with E-state index in [-0.39, 0.29) is 5.41 Å². The summed E-state index contributed by atoms with van der Waals surface area (Å²) in [4.78, 5) is 24.8. The zero-order chi connectivity index (χ0) is 15.8. The summed E-state index contributed by atoms with van der Waals surface area (Å²) in [6, 6.07) is 5.96. The molecule has 114 valence electrons. The molecule has 6 nitrogen and oxygen atoms in total. The summed E-state index contributed by atoms with van der Waals surface area (Å²) in [6.07, 6.45) is -0.537. The third-order valence-electron chi connectivity index (χ3n) is 3.43. The van der Waals surface area contributed by atoms with Crippen LogP contribution in [0.3, 0.4) is 0 Å². The van der Waals surface area contributed by atoms with Crippen molar-refractivity contribution in [3.63, 3.8) is 0 Å². The molecule has 6 heteroatoms. The lowest BCUT2D eigenvalue weighted by atomic mass is 9.84. The summed E-state index contributed by atoms with van der Waals surface area (Å²) in [5.74, 6) is -1.07. The molecule has 1 aliphatic heterocycles. The summed E-state index contributed by atoms with van der Waals surface area (Å²) >= 11 is 0. The standard InChI is InChI=1S/C15H20N2O4/c1-15(2,3)13-12(16)14(20)17(8-11(18)19)9-6-4-5-7-10(9)21-13/h4-7,12-13H,8,16H2,1-3H3,(H,18,19)/t12-,13?/m0/s1. The number of hydrogen-bond acceptors (Lipinski definition) is 4. The molecule has 21 heavy (non-hydrogen) atoms. The second-order valence-electron chi connectivity index (χ2n) is 6.22. The van der Waals surface area contributed by atoms with Gasteiger partial charge in [0.15, 0.2) is 0 Å². The molecular weight excluding hydrogens is 272 g/mol. The van der Waals surface area contributed by atoms with E-state index >= 15 is 0 Å². The van der Waals surface area contributed by atoms with Gasteiger partial charge in [-0.2, -0.15) is 0 Å². The number of nitrogens with zero attached hydrogens (tertiary/aromatic N) is 1. The van der Waals surface area contributed by atoms with Crippen molar-refractivity contribution in [3.8, 4) is 5.75 Å². The van der Waals surface area contributed by atoms with Crippen molar-refractivity contribution in [2.24, 2.45) is 11.1 Å². The number of ether oxygens (including phenoxy) is 1.